The van der Waals surface area contributed by atoms with E-state index in [-0.39, 0.29) is 6.04 Å². The number of likely N-dealkylation sites (tertiary alicyclic amines) is 1. The fourth-order valence-corrected chi connectivity index (χ4v) is 2.89. The molecule has 0 aliphatic carbocycles. The van der Waals surface area contributed by atoms with Gasteiger partial charge in [0.05, 0.1) is 0 Å². The summed E-state index contributed by atoms with van der Waals surface area (Å²) < 4.78 is 0. The summed E-state index contributed by atoms with van der Waals surface area (Å²) in [6.07, 6.45) is 3.99. The maximum atomic E-state index is 6.39. The molecule has 2 rings (SSSR count). The highest BCUT2D eigenvalue weighted by Gasteiger charge is 2.27. The molecule has 1 aromatic carbocycles. The molecule has 2 nitrogen and oxygen atoms in total. The van der Waals surface area contributed by atoms with Crippen molar-refractivity contribution in [2.45, 2.75) is 51.2 Å². The lowest BCUT2D eigenvalue weighted by atomic mass is 9.95. The number of hydrogen-bond donors (Lipinski definition) is 1. The summed E-state index contributed by atoms with van der Waals surface area (Å²) in [5.74, 6) is 0. The lowest BCUT2D eigenvalue weighted by Gasteiger charge is -2.40. The van der Waals surface area contributed by atoms with Crippen LogP contribution in [0.2, 0.25) is 0 Å². The van der Waals surface area contributed by atoms with Crippen molar-refractivity contribution in [2.75, 3.05) is 6.54 Å². The Kier molecular flexibility index (Phi) is 4.19. The van der Waals surface area contributed by atoms with E-state index in [2.05, 4.69) is 43.0 Å². The zero-order valence-electron chi connectivity index (χ0n) is 11.0. The van der Waals surface area contributed by atoms with Gasteiger partial charge >= 0.3 is 0 Å². The minimum Gasteiger partial charge on any atom is -0.323 e. The van der Waals surface area contributed by atoms with Crippen LogP contribution in [-0.4, -0.2) is 23.5 Å². The highest BCUT2D eigenvalue weighted by atomic mass is 15.2. The number of benzene rings is 1. The molecule has 2 N–H and O–H groups in total. The molecular formula is C15H24N2. The second-order valence-corrected chi connectivity index (χ2v) is 5.26. The van der Waals surface area contributed by atoms with Crippen LogP contribution in [-0.2, 0) is 0 Å². The molecule has 2 heteroatoms. The van der Waals surface area contributed by atoms with Gasteiger partial charge in [0, 0.05) is 18.1 Å². The molecular weight excluding hydrogens is 208 g/mol. The SMILES string of the molecule is CC1CCCCN1C(C)C(N)c1ccccc1. The number of piperidine rings is 1. The van der Waals surface area contributed by atoms with Gasteiger partial charge in [-0.3, -0.25) is 4.90 Å². The van der Waals surface area contributed by atoms with Crippen LogP contribution in [0.4, 0.5) is 0 Å². The van der Waals surface area contributed by atoms with E-state index in [1.54, 1.807) is 0 Å². The van der Waals surface area contributed by atoms with Crippen LogP contribution in [0, 0.1) is 0 Å². The summed E-state index contributed by atoms with van der Waals surface area (Å²) in [5, 5.41) is 0. The van der Waals surface area contributed by atoms with Gasteiger partial charge < -0.3 is 5.73 Å². The average molecular weight is 232 g/mol. The summed E-state index contributed by atoms with van der Waals surface area (Å²) in [5.41, 5.74) is 7.64. The molecule has 0 amide bonds. The summed E-state index contributed by atoms with van der Waals surface area (Å²) in [7, 11) is 0. The second kappa shape index (κ2) is 5.65. The minimum absolute atomic E-state index is 0.122. The van der Waals surface area contributed by atoms with Crippen molar-refractivity contribution in [1.82, 2.24) is 4.90 Å². The molecule has 1 saturated heterocycles. The molecule has 3 atom stereocenters. The van der Waals surface area contributed by atoms with Crippen LogP contribution in [0.25, 0.3) is 0 Å². The Labute approximate surface area is 105 Å². The van der Waals surface area contributed by atoms with Crippen molar-refractivity contribution in [1.29, 1.82) is 0 Å². The predicted octanol–water partition coefficient (Wildman–Crippen LogP) is 2.95. The first-order valence-corrected chi connectivity index (χ1v) is 6.76. The fourth-order valence-electron chi connectivity index (χ4n) is 2.89. The zero-order chi connectivity index (χ0) is 12.3. The third-order valence-corrected chi connectivity index (χ3v) is 4.08. The highest BCUT2D eigenvalue weighted by molar-refractivity contribution is 5.20. The molecule has 0 spiro atoms. The smallest absolute Gasteiger partial charge is 0.0450 e. The van der Waals surface area contributed by atoms with E-state index in [0.717, 1.165) is 0 Å². The Bertz CT molecular complexity index is 336. The summed E-state index contributed by atoms with van der Waals surface area (Å²) in [6.45, 7) is 5.79. The van der Waals surface area contributed by atoms with Gasteiger partial charge in [-0.25, -0.2) is 0 Å². The number of rotatable bonds is 3. The average Bonchev–Trinajstić information content (AvgIpc) is 2.39. The zero-order valence-corrected chi connectivity index (χ0v) is 11.0. The van der Waals surface area contributed by atoms with Crippen molar-refractivity contribution < 1.29 is 0 Å². The molecule has 1 aliphatic rings. The maximum Gasteiger partial charge on any atom is 0.0450 e. The monoisotopic (exact) mass is 232 g/mol. The van der Waals surface area contributed by atoms with Crippen molar-refractivity contribution in [2.24, 2.45) is 5.73 Å². The first-order valence-electron chi connectivity index (χ1n) is 6.76. The van der Waals surface area contributed by atoms with E-state index < -0.39 is 0 Å². The third kappa shape index (κ3) is 2.88. The van der Waals surface area contributed by atoms with Gasteiger partial charge in [0.15, 0.2) is 0 Å². The second-order valence-electron chi connectivity index (χ2n) is 5.26. The third-order valence-electron chi connectivity index (χ3n) is 4.08. The minimum atomic E-state index is 0.122. The van der Waals surface area contributed by atoms with E-state index >= 15 is 0 Å². The van der Waals surface area contributed by atoms with Crippen LogP contribution < -0.4 is 5.73 Å². The van der Waals surface area contributed by atoms with Crippen LogP contribution >= 0.6 is 0 Å². The molecule has 0 radical (unpaired) electrons. The molecule has 1 aliphatic heterocycles. The van der Waals surface area contributed by atoms with E-state index in [1.807, 2.05) is 6.07 Å². The van der Waals surface area contributed by atoms with Gasteiger partial charge in [0.1, 0.15) is 0 Å². The van der Waals surface area contributed by atoms with E-state index in [4.69, 9.17) is 5.73 Å². The summed E-state index contributed by atoms with van der Waals surface area (Å²) >= 11 is 0. The molecule has 0 saturated carbocycles. The molecule has 1 heterocycles. The molecule has 1 fully saturated rings. The van der Waals surface area contributed by atoms with Gasteiger partial charge in [0.25, 0.3) is 0 Å². The standard InChI is InChI=1S/C15H24N2/c1-12-8-6-7-11-17(12)13(2)15(16)14-9-4-3-5-10-14/h3-5,9-10,12-13,15H,6-8,11,16H2,1-2H3. The highest BCUT2D eigenvalue weighted by Crippen LogP contribution is 2.25. The van der Waals surface area contributed by atoms with Crippen LogP contribution in [0.3, 0.4) is 0 Å². The molecule has 94 valence electrons. The van der Waals surface area contributed by atoms with Gasteiger partial charge in [-0.15, -0.1) is 0 Å². The lowest BCUT2D eigenvalue weighted by molar-refractivity contribution is 0.0991. The molecule has 0 bridgehead atoms. The quantitative estimate of drug-likeness (QED) is 0.868. The molecule has 0 aromatic heterocycles. The Hall–Kier alpha value is -0.860. The van der Waals surface area contributed by atoms with Crippen molar-refractivity contribution in [3.8, 4) is 0 Å². The molecule has 1 aromatic rings. The normalized spacial score (nSPS) is 25.5. The van der Waals surface area contributed by atoms with Gasteiger partial charge in [0.2, 0.25) is 0 Å². The van der Waals surface area contributed by atoms with E-state index in [0.29, 0.717) is 12.1 Å². The van der Waals surface area contributed by atoms with Gasteiger partial charge in [-0.05, 0) is 38.8 Å². The number of nitrogens with two attached hydrogens (primary N) is 1. The summed E-state index contributed by atoms with van der Waals surface area (Å²) in [4.78, 5) is 2.57. The van der Waals surface area contributed by atoms with Gasteiger partial charge in [-0.2, -0.15) is 0 Å². The Balaban J connectivity index is 2.06. The first-order chi connectivity index (χ1) is 8.20. The van der Waals surface area contributed by atoms with Crippen molar-refractivity contribution in [3.63, 3.8) is 0 Å². The predicted molar refractivity (Wildman–Crippen MR) is 72.9 cm³/mol. The Morgan fingerprint density at radius 1 is 1.24 bits per heavy atom. The fraction of sp³-hybridized carbons (Fsp3) is 0.600. The van der Waals surface area contributed by atoms with Gasteiger partial charge in [-0.1, -0.05) is 36.8 Å². The first kappa shape index (κ1) is 12.6. The maximum absolute atomic E-state index is 6.39. The number of hydrogen-bond acceptors (Lipinski definition) is 2. The van der Waals surface area contributed by atoms with Crippen LogP contribution in [0.1, 0.15) is 44.7 Å². The Morgan fingerprint density at radius 2 is 1.94 bits per heavy atom. The van der Waals surface area contributed by atoms with E-state index in [9.17, 15) is 0 Å². The molecule has 3 unspecified atom stereocenters. The van der Waals surface area contributed by atoms with Crippen molar-refractivity contribution >= 4 is 0 Å². The van der Waals surface area contributed by atoms with Crippen molar-refractivity contribution in [3.05, 3.63) is 35.9 Å². The van der Waals surface area contributed by atoms with E-state index in [1.165, 1.54) is 31.4 Å². The number of nitrogens with zero attached hydrogens (tertiary/aromatic N) is 1. The topological polar surface area (TPSA) is 29.3 Å². The Morgan fingerprint density at radius 3 is 2.59 bits per heavy atom. The largest absolute Gasteiger partial charge is 0.323 e. The summed E-state index contributed by atoms with van der Waals surface area (Å²) in [6, 6.07) is 11.7. The van der Waals surface area contributed by atoms with Crippen LogP contribution in [0.15, 0.2) is 30.3 Å². The lowest BCUT2D eigenvalue weighted by Crippen LogP contribution is -2.48. The molecule has 17 heavy (non-hydrogen) atoms. The van der Waals surface area contributed by atoms with Crippen LogP contribution in [0.5, 0.6) is 0 Å².